The van der Waals surface area contributed by atoms with Crippen molar-refractivity contribution in [2.75, 3.05) is 26.9 Å². The Hall–Kier alpha value is -3.32. The molecule has 0 spiro atoms. The third-order valence-electron chi connectivity index (χ3n) is 8.09. The Balaban J connectivity index is 1.70. The zero-order valence-corrected chi connectivity index (χ0v) is 30.1. The molecule has 5 atom stereocenters. The number of ether oxygens (including phenoxy) is 3. The number of hydrogen-bond donors (Lipinski definition) is 1. The number of aromatic nitrogens is 1. The molecule has 0 saturated carbocycles. The van der Waals surface area contributed by atoms with E-state index < -0.39 is 75.5 Å². The second-order valence-corrected chi connectivity index (χ2v) is 15.1. The number of rotatable bonds is 10. The number of fused-ring (bicyclic) bond motifs is 4. The molecule has 2 aliphatic heterocycles. The fraction of sp³-hybridized carbons (Fsp3) is 0.500. The number of amides is 1. The molecular formula is C32H38N2O12S3. The molecule has 17 heteroatoms. The van der Waals surface area contributed by atoms with E-state index in [1.165, 1.54) is 50.5 Å². The molecule has 1 N–H and O–H groups in total. The first-order valence-corrected chi connectivity index (χ1v) is 18.2. The standard InChI is InChI=1S/C32H38N2O12S3/c1-19-10-11-32(31(4,40)29(38)48-18-25-21(3)44-30(39)46-25)15-26(36)34(49(32)41)20(2)28-33-22(17-47-28)8-6-7-9-23(35)24(14-19)45-27(37)16-43-13-12-42-5/h6-9,14,17,20,24,40H,10-13,15-16,18H2,1-5H3/b8-6-,9-7-,19-14-/t20-,24-,31+,32-,49?/m1/s1. The van der Waals surface area contributed by atoms with Gasteiger partial charge in [0.25, 0.3) is 5.91 Å². The number of hydrogen-bond acceptors (Lipinski definition) is 15. The summed E-state index contributed by atoms with van der Waals surface area (Å²) in [6, 6.07) is -0.761. The molecule has 4 heterocycles. The van der Waals surface area contributed by atoms with E-state index in [-0.39, 0.29) is 43.3 Å². The monoisotopic (exact) mass is 738 g/mol. The van der Waals surface area contributed by atoms with Crippen LogP contribution >= 0.6 is 23.1 Å². The lowest BCUT2D eigenvalue weighted by molar-refractivity contribution is -0.156. The summed E-state index contributed by atoms with van der Waals surface area (Å²) in [6.45, 7) is 6.02. The fourth-order valence-electron chi connectivity index (χ4n) is 5.21. The molecule has 0 aliphatic carbocycles. The Bertz CT molecular complexity index is 1690. The van der Waals surface area contributed by atoms with Crippen LogP contribution in [0.5, 0.6) is 0 Å². The van der Waals surface area contributed by atoms with Crippen molar-refractivity contribution >= 4 is 63.3 Å². The quantitative estimate of drug-likeness (QED) is 0.161. The molecule has 2 aromatic rings. The number of methoxy groups -OCH3 is 1. The van der Waals surface area contributed by atoms with Crippen LogP contribution in [0.4, 0.5) is 0 Å². The van der Waals surface area contributed by atoms with Crippen LogP contribution < -0.4 is 5.82 Å². The predicted octanol–water partition coefficient (Wildman–Crippen LogP) is 3.36. The zero-order valence-electron chi connectivity index (χ0n) is 27.6. The minimum Gasteiger partial charge on any atom is -0.592 e. The summed E-state index contributed by atoms with van der Waals surface area (Å²) in [5.41, 5.74) is -1.32. The number of thioether (sulfide) groups is 1. The minimum atomic E-state index is -2.34. The molecule has 49 heavy (non-hydrogen) atoms. The van der Waals surface area contributed by atoms with Crippen molar-refractivity contribution < 1.29 is 51.9 Å². The highest BCUT2D eigenvalue weighted by molar-refractivity contribution is 8.13. The van der Waals surface area contributed by atoms with Crippen molar-refractivity contribution in [3.05, 3.63) is 68.1 Å². The van der Waals surface area contributed by atoms with E-state index in [1.807, 2.05) is 0 Å². The largest absolute Gasteiger partial charge is 0.592 e. The Morgan fingerprint density at radius 1 is 1.22 bits per heavy atom. The molecule has 1 saturated heterocycles. The maximum Gasteiger partial charge on any atom is 0.519 e. The second-order valence-electron chi connectivity index (χ2n) is 11.6. The Labute approximate surface area is 293 Å². The molecule has 0 aromatic carbocycles. The van der Waals surface area contributed by atoms with Gasteiger partial charge in [-0.1, -0.05) is 29.5 Å². The first-order valence-electron chi connectivity index (χ1n) is 15.2. The van der Waals surface area contributed by atoms with Gasteiger partial charge in [-0.05, 0) is 52.3 Å². The molecule has 0 radical (unpaired) electrons. The molecule has 2 aromatic heterocycles. The average Bonchev–Trinajstić information content (AvgIpc) is 3.73. The smallest absolute Gasteiger partial charge is 0.519 e. The molecule has 4 bridgehead atoms. The number of nitrogens with zero attached hydrogens (tertiary/aromatic N) is 2. The highest BCUT2D eigenvalue weighted by Gasteiger charge is 2.69. The summed E-state index contributed by atoms with van der Waals surface area (Å²) in [7, 11) is 1.48. The predicted molar refractivity (Wildman–Crippen MR) is 181 cm³/mol. The third kappa shape index (κ3) is 8.89. The molecule has 2 aliphatic rings. The number of ketones is 1. The third-order valence-corrected chi connectivity index (χ3v) is 12.5. The number of esters is 1. The summed E-state index contributed by atoms with van der Waals surface area (Å²) < 4.78 is 39.3. The zero-order chi connectivity index (χ0) is 35.9. The lowest BCUT2D eigenvalue weighted by Gasteiger charge is -2.40. The van der Waals surface area contributed by atoms with E-state index >= 15 is 0 Å². The fourth-order valence-corrected chi connectivity index (χ4v) is 9.14. The van der Waals surface area contributed by atoms with E-state index in [2.05, 4.69) is 4.98 Å². The number of aryl methyl sites for hydroxylation is 1. The molecule has 14 nitrogen and oxygen atoms in total. The minimum absolute atomic E-state index is 0.0573. The van der Waals surface area contributed by atoms with Crippen LogP contribution in [0.1, 0.15) is 68.3 Å². The molecular weight excluding hydrogens is 701 g/mol. The van der Waals surface area contributed by atoms with E-state index in [0.29, 0.717) is 28.0 Å². The topological polar surface area (TPSA) is 199 Å². The molecule has 266 valence electrons. The van der Waals surface area contributed by atoms with Gasteiger partial charge in [0.15, 0.2) is 28.0 Å². The lowest BCUT2D eigenvalue weighted by Crippen LogP contribution is -2.60. The molecule has 4 rings (SSSR count). The highest BCUT2D eigenvalue weighted by atomic mass is 32.2. The lowest BCUT2D eigenvalue weighted by atomic mass is 9.81. The van der Waals surface area contributed by atoms with E-state index in [1.54, 1.807) is 31.4 Å². The number of aliphatic hydroxyl groups is 1. The van der Waals surface area contributed by atoms with Gasteiger partial charge < -0.3 is 32.7 Å². The van der Waals surface area contributed by atoms with Crippen LogP contribution in [-0.2, 0) is 50.5 Å². The van der Waals surface area contributed by atoms with Crippen LogP contribution in [0.15, 0.2) is 48.9 Å². The van der Waals surface area contributed by atoms with Crippen molar-refractivity contribution in [3.8, 4) is 0 Å². The summed E-state index contributed by atoms with van der Waals surface area (Å²) in [5, 5.41) is 13.4. The van der Waals surface area contributed by atoms with Gasteiger partial charge in [0, 0.05) is 18.9 Å². The van der Waals surface area contributed by atoms with Gasteiger partial charge in [-0.25, -0.2) is 14.6 Å². The van der Waals surface area contributed by atoms with Crippen molar-refractivity contribution in [1.29, 1.82) is 0 Å². The van der Waals surface area contributed by atoms with Gasteiger partial charge in [-0.3, -0.25) is 14.4 Å². The van der Waals surface area contributed by atoms with Gasteiger partial charge in [0.2, 0.25) is 5.12 Å². The molecule has 1 unspecified atom stereocenters. The van der Waals surface area contributed by atoms with Crippen LogP contribution in [0.2, 0.25) is 0 Å². The summed E-state index contributed by atoms with van der Waals surface area (Å²) >= 11 is -0.386. The molecule has 1 fully saturated rings. The van der Waals surface area contributed by atoms with Gasteiger partial charge >= 0.3 is 11.8 Å². The summed E-state index contributed by atoms with van der Waals surface area (Å²) in [6.07, 6.45) is 5.53. The van der Waals surface area contributed by atoms with Gasteiger partial charge in [-0.2, -0.15) is 4.31 Å². The van der Waals surface area contributed by atoms with Crippen LogP contribution in [0.3, 0.4) is 0 Å². The summed E-state index contributed by atoms with van der Waals surface area (Å²) in [5.74, 6) is -2.72. The van der Waals surface area contributed by atoms with Crippen molar-refractivity contribution in [1.82, 2.24) is 9.29 Å². The van der Waals surface area contributed by atoms with Crippen LogP contribution in [0.25, 0.3) is 6.08 Å². The second kappa shape index (κ2) is 16.6. The number of thiazole rings is 1. The van der Waals surface area contributed by atoms with Crippen LogP contribution in [0, 0.1) is 6.92 Å². The van der Waals surface area contributed by atoms with Crippen LogP contribution in [-0.4, -0.2) is 85.1 Å². The maximum atomic E-state index is 14.5. The maximum absolute atomic E-state index is 14.5. The number of allylic oxidation sites excluding steroid dienone is 3. The Morgan fingerprint density at radius 3 is 2.65 bits per heavy atom. The normalized spacial score (nSPS) is 26.8. The van der Waals surface area contributed by atoms with Crippen molar-refractivity contribution in [2.24, 2.45) is 0 Å². The first kappa shape index (κ1) is 38.5. The highest BCUT2D eigenvalue weighted by Crippen LogP contribution is 2.50. The number of carbonyl (C=O) groups is 4. The van der Waals surface area contributed by atoms with E-state index in [9.17, 15) is 33.6 Å². The van der Waals surface area contributed by atoms with Gasteiger partial charge in [-0.15, -0.1) is 11.3 Å². The van der Waals surface area contributed by atoms with Gasteiger partial charge in [0.05, 0.1) is 42.4 Å². The van der Waals surface area contributed by atoms with E-state index in [4.69, 9.17) is 23.0 Å². The van der Waals surface area contributed by atoms with E-state index in [0.717, 1.165) is 4.31 Å². The van der Waals surface area contributed by atoms with Crippen molar-refractivity contribution in [3.63, 3.8) is 0 Å². The van der Waals surface area contributed by atoms with Crippen molar-refractivity contribution in [2.45, 2.75) is 75.2 Å². The first-order chi connectivity index (χ1) is 23.2. The van der Waals surface area contributed by atoms with Gasteiger partial charge in [0.1, 0.15) is 23.4 Å². The average molecular weight is 739 g/mol. The summed E-state index contributed by atoms with van der Waals surface area (Å²) in [4.78, 5) is 69.2. The SMILES string of the molecule is COCCOCC(=O)O[C@@H]1/C=C(/C)CC[C@]2([C@@](C)(O)C(=O)SCc3oc(=O)oc3C)CC(=O)N([C@H](C)c3nc(cs3)/C=C\C=C/C1=O)[S+]2[O-]. The number of carbonyl (C=O) groups excluding carboxylic acids is 4. The Morgan fingerprint density at radius 2 is 1.96 bits per heavy atom. The Kier molecular flexibility index (Phi) is 13.0. The molecule has 1 amide bonds.